The fourth-order valence-electron chi connectivity index (χ4n) is 11.8. The van der Waals surface area contributed by atoms with Gasteiger partial charge in [0.15, 0.2) is 11.5 Å². The lowest BCUT2D eigenvalue weighted by molar-refractivity contribution is -0.138. The maximum atomic E-state index is 13.8. The molecule has 4 aliphatic rings. The van der Waals surface area contributed by atoms with Gasteiger partial charge in [-0.25, -0.2) is 14.4 Å². The van der Waals surface area contributed by atoms with Crippen LogP contribution in [0.3, 0.4) is 0 Å². The molecule has 0 aromatic heterocycles. The first-order valence-corrected chi connectivity index (χ1v) is 23.8. The Morgan fingerprint density at radius 3 is 2.00 bits per heavy atom. The summed E-state index contributed by atoms with van der Waals surface area (Å²) in [7, 11) is 0. The summed E-state index contributed by atoms with van der Waals surface area (Å²) in [5.41, 5.74) is 2.67. The number of benzene rings is 1. The van der Waals surface area contributed by atoms with Crippen molar-refractivity contribution < 1.29 is 38.1 Å². The maximum Gasteiger partial charge on any atom is 0.338 e. The second kappa shape index (κ2) is 23.1. The molecule has 1 aromatic rings. The minimum Gasteiger partial charge on any atom is -0.490 e. The molecule has 3 fully saturated rings. The van der Waals surface area contributed by atoms with E-state index in [1.807, 2.05) is 6.07 Å². The van der Waals surface area contributed by atoms with Crippen LogP contribution in [0.4, 0.5) is 0 Å². The van der Waals surface area contributed by atoms with Gasteiger partial charge in [-0.3, -0.25) is 0 Å². The number of hydrogen-bond donors (Lipinski definition) is 0. The van der Waals surface area contributed by atoms with E-state index < -0.39 is 11.9 Å². The van der Waals surface area contributed by atoms with E-state index in [4.69, 9.17) is 23.7 Å². The molecule has 0 aliphatic heterocycles. The lowest BCUT2D eigenvalue weighted by atomic mass is 9.47. The van der Waals surface area contributed by atoms with E-state index in [0.29, 0.717) is 48.9 Å². The molecule has 0 radical (unpaired) electrons. The largest absolute Gasteiger partial charge is 0.490 e. The summed E-state index contributed by atoms with van der Waals surface area (Å²) in [5.74, 6) is 4.86. The van der Waals surface area contributed by atoms with Crippen LogP contribution in [0.2, 0.25) is 0 Å². The van der Waals surface area contributed by atoms with Gasteiger partial charge >= 0.3 is 17.9 Å². The van der Waals surface area contributed by atoms with Gasteiger partial charge in [0.05, 0.1) is 32.0 Å². The van der Waals surface area contributed by atoms with Gasteiger partial charge in [-0.05, 0) is 161 Å². The minimum atomic E-state index is -0.397. The normalized spacial score (nSPS) is 27.4. The summed E-state index contributed by atoms with van der Waals surface area (Å²) in [6.45, 7) is 21.1. The number of rotatable bonds is 25. The van der Waals surface area contributed by atoms with E-state index in [2.05, 4.69) is 53.9 Å². The zero-order chi connectivity index (χ0) is 43.1. The quantitative estimate of drug-likeness (QED) is 0.0316. The summed E-state index contributed by atoms with van der Waals surface area (Å²) < 4.78 is 28.9. The lowest BCUT2D eigenvalue weighted by Gasteiger charge is -2.58. The van der Waals surface area contributed by atoms with Gasteiger partial charge in [0.1, 0.15) is 6.10 Å². The van der Waals surface area contributed by atoms with E-state index >= 15 is 0 Å². The number of allylic oxidation sites excluding steroid dienone is 1. The van der Waals surface area contributed by atoms with Crippen molar-refractivity contribution in [2.24, 2.45) is 46.3 Å². The fourth-order valence-corrected chi connectivity index (χ4v) is 11.8. The monoisotopic (exact) mass is 831 g/mol. The maximum absolute atomic E-state index is 13.8. The molecule has 0 bridgehead atoms. The summed E-state index contributed by atoms with van der Waals surface area (Å²) in [6.07, 6.45) is 25.3. The van der Waals surface area contributed by atoms with Crippen LogP contribution in [-0.2, 0) is 23.8 Å². The SMILES string of the molecule is C=CC(=O)OCCCCCCOc1ccc(C(=O)OC2CC[C@@]3(C)C(=CC[C@H]4[C@@H]5CC[C@H]([C@H](C)CCCC(C)C)[C@@]5(C)CC[C@@H]43)C2)cc1OCCCCCCOC(=O)C=C. The molecule has 1 unspecified atom stereocenters. The number of hydrogen-bond acceptors (Lipinski definition) is 8. The Bertz CT molecular complexity index is 1610. The number of fused-ring (bicyclic) bond motifs is 5. The van der Waals surface area contributed by atoms with Crippen LogP contribution in [0.15, 0.2) is 55.2 Å². The molecule has 5 rings (SSSR count). The van der Waals surface area contributed by atoms with Crippen molar-refractivity contribution in [1.29, 1.82) is 0 Å². The molecule has 0 N–H and O–H groups in total. The van der Waals surface area contributed by atoms with Gasteiger partial charge in [-0.15, -0.1) is 0 Å². The molecule has 1 aromatic carbocycles. The van der Waals surface area contributed by atoms with Crippen LogP contribution in [0.1, 0.15) is 167 Å². The second-order valence-electron chi connectivity index (χ2n) is 19.5. The van der Waals surface area contributed by atoms with Crippen LogP contribution < -0.4 is 9.47 Å². The molecular formula is C52H78O8. The Kier molecular flexibility index (Phi) is 18.2. The predicted molar refractivity (Wildman–Crippen MR) is 239 cm³/mol. The standard InChI is InChI=1S/C52H78O8/c1-8-48(53)58-33-16-12-10-14-31-56-46-26-21-39(35-47(46)57-32-15-11-13-17-34-59-49(54)9-2)50(55)60-41-27-29-51(6)40(36-41)22-23-42-44-25-24-43(38(5)20-18-19-37(3)4)52(44,7)30-28-45(42)51/h8-9,21-22,26,35,37-38,41-45H,1-2,10-20,23-25,27-34,36H2,3-7H3/t38-,41?,42+,43-,44+,45+,51+,52-/m1/s1. The van der Waals surface area contributed by atoms with Gasteiger partial charge in [0.2, 0.25) is 0 Å². The summed E-state index contributed by atoms with van der Waals surface area (Å²) in [4.78, 5) is 36.3. The van der Waals surface area contributed by atoms with Gasteiger partial charge in [-0.1, -0.05) is 78.7 Å². The van der Waals surface area contributed by atoms with E-state index in [9.17, 15) is 14.4 Å². The molecule has 8 nitrogen and oxygen atoms in total. The highest BCUT2D eigenvalue weighted by molar-refractivity contribution is 5.90. The molecule has 8 heteroatoms. The van der Waals surface area contributed by atoms with Crippen molar-refractivity contribution in [2.45, 2.75) is 163 Å². The highest BCUT2D eigenvalue weighted by atomic mass is 16.5. The Balaban J connectivity index is 1.15. The van der Waals surface area contributed by atoms with Crippen molar-refractivity contribution in [3.05, 3.63) is 60.7 Å². The summed E-state index contributed by atoms with van der Waals surface area (Å²) in [5, 5.41) is 0. The smallest absolute Gasteiger partial charge is 0.338 e. The molecule has 3 saturated carbocycles. The third-order valence-corrected chi connectivity index (χ3v) is 15.1. The molecule has 60 heavy (non-hydrogen) atoms. The third kappa shape index (κ3) is 12.5. The highest BCUT2D eigenvalue weighted by Gasteiger charge is 2.59. The number of carbonyl (C=O) groups excluding carboxylic acids is 3. The Hall–Kier alpha value is -3.55. The lowest BCUT2D eigenvalue weighted by Crippen LogP contribution is -2.51. The van der Waals surface area contributed by atoms with Crippen molar-refractivity contribution in [3.63, 3.8) is 0 Å². The van der Waals surface area contributed by atoms with Crippen LogP contribution >= 0.6 is 0 Å². The number of carbonyl (C=O) groups is 3. The Morgan fingerprint density at radius 2 is 1.37 bits per heavy atom. The Labute approximate surface area is 362 Å². The second-order valence-corrected chi connectivity index (χ2v) is 19.5. The zero-order valence-electron chi connectivity index (χ0n) is 37.9. The van der Waals surface area contributed by atoms with Gasteiger partial charge in [0.25, 0.3) is 0 Å². The van der Waals surface area contributed by atoms with Crippen LogP contribution in [0.5, 0.6) is 11.5 Å². The molecule has 0 amide bonds. The summed E-state index contributed by atoms with van der Waals surface area (Å²) >= 11 is 0. The minimum absolute atomic E-state index is 0.129. The average molecular weight is 831 g/mol. The van der Waals surface area contributed by atoms with Gasteiger partial charge < -0.3 is 23.7 Å². The molecule has 334 valence electrons. The predicted octanol–water partition coefficient (Wildman–Crippen LogP) is 12.6. The van der Waals surface area contributed by atoms with Crippen molar-refractivity contribution in [2.75, 3.05) is 26.4 Å². The average Bonchev–Trinajstić information content (AvgIpc) is 3.60. The van der Waals surface area contributed by atoms with Crippen LogP contribution in [-0.4, -0.2) is 50.4 Å². The van der Waals surface area contributed by atoms with E-state index in [1.54, 1.807) is 12.1 Å². The topological polar surface area (TPSA) is 97.4 Å². The van der Waals surface area contributed by atoms with E-state index in [0.717, 1.165) is 106 Å². The van der Waals surface area contributed by atoms with E-state index in [1.165, 1.54) is 69.1 Å². The van der Waals surface area contributed by atoms with E-state index in [-0.39, 0.29) is 17.5 Å². The number of esters is 3. The number of unbranched alkanes of at least 4 members (excludes halogenated alkanes) is 6. The third-order valence-electron chi connectivity index (χ3n) is 15.1. The zero-order valence-corrected chi connectivity index (χ0v) is 37.9. The molecule has 0 spiro atoms. The van der Waals surface area contributed by atoms with Crippen LogP contribution in [0.25, 0.3) is 0 Å². The van der Waals surface area contributed by atoms with Gasteiger partial charge in [0, 0.05) is 18.6 Å². The first-order chi connectivity index (χ1) is 28.9. The van der Waals surface area contributed by atoms with Crippen LogP contribution in [0, 0.1) is 46.3 Å². The number of ether oxygens (including phenoxy) is 5. The fraction of sp³-hybridized carbons (Fsp3) is 0.712. The molecule has 4 aliphatic carbocycles. The molecular weight excluding hydrogens is 753 g/mol. The summed E-state index contributed by atoms with van der Waals surface area (Å²) in [6, 6.07) is 5.39. The van der Waals surface area contributed by atoms with Crippen molar-refractivity contribution >= 4 is 17.9 Å². The van der Waals surface area contributed by atoms with Crippen molar-refractivity contribution in [3.8, 4) is 11.5 Å². The van der Waals surface area contributed by atoms with Gasteiger partial charge in [-0.2, -0.15) is 0 Å². The molecule has 8 atom stereocenters. The molecule has 0 saturated heterocycles. The van der Waals surface area contributed by atoms with Crippen molar-refractivity contribution in [1.82, 2.24) is 0 Å². The Morgan fingerprint density at radius 1 is 0.733 bits per heavy atom. The first kappa shape index (κ1) is 47.5. The first-order valence-electron chi connectivity index (χ1n) is 23.8. The molecule has 0 heterocycles. The highest BCUT2D eigenvalue weighted by Crippen LogP contribution is 2.67.